The molecule has 3 heteroatoms. The summed E-state index contributed by atoms with van der Waals surface area (Å²) in [5, 5.41) is 0. The van der Waals surface area contributed by atoms with Crippen LogP contribution in [0.1, 0.15) is 6.42 Å². The molecule has 0 aliphatic heterocycles. The Hall–Kier alpha value is -2.29. The van der Waals surface area contributed by atoms with Crippen molar-refractivity contribution in [3.8, 4) is 5.75 Å². The van der Waals surface area contributed by atoms with Crippen LogP contribution in [0, 0.1) is 0 Å². The summed E-state index contributed by atoms with van der Waals surface area (Å²) in [5.41, 5.74) is 1.93. The van der Waals surface area contributed by atoms with Gasteiger partial charge in [-0.15, -0.1) is 0 Å². The largest absolute Gasteiger partial charge is 0.458 e. The Morgan fingerprint density at radius 3 is 3.24 bits per heavy atom. The van der Waals surface area contributed by atoms with E-state index in [2.05, 4.69) is 22.1 Å². The molecule has 0 fully saturated rings. The van der Waals surface area contributed by atoms with E-state index < -0.39 is 0 Å². The highest BCUT2D eigenvalue weighted by molar-refractivity contribution is 5.76. The zero-order chi connectivity index (χ0) is 11.5. The molecule has 3 rings (SSSR count). The number of nitrogens with zero attached hydrogens (tertiary/aromatic N) is 1. The van der Waals surface area contributed by atoms with Gasteiger partial charge in [-0.25, -0.2) is 4.98 Å². The van der Waals surface area contributed by atoms with E-state index in [0.29, 0.717) is 0 Å². The van der Waals surface area contributed by atoms with Crippen molar-refractivity contribution in [1.29, 1.82) is 0 Å². The summed E-state index contributed by atoms with van der Waals surface area (Å²) < 4.78 is 5.80. The summed E-state index contributed by atoms with van der Waals surface area (Å²) in [6, 6.07) is 5.83. The summed E-state index contributed by atoms with van der Waals surface area (Å²) in [6.07, 6.45) is 12.7. The maximum Gasteiger partial charge on any atom is 0.129 e. The van der Waals surface area contributed by atoms with Crippen LogP contribution in [0.25, 0.3) is 11.0 Å². The number of H-pyrrole nitrogens is 1. The van der Waals surface area contributed by atoms with Crippen molar-refractivity contribution in [3.63, 3.8) is 0 Å². The molecule has 0 spiro atoms. The molecule has 84 valence electrons. The van der Waals surface area contributed by atoms with E-state index in [4.69, 9.17) is 4.74 Å². The molecule has 1 heterocycles. The fourth-order valence-electron chi connectivity index (χ4n) is 1.75. The smallest absolute Gasteiger partial charge is 0.129 e. The third-order valence-electron chi connectivity index (χ3n) is 2.59. The van der Waals surface area contributed by atoms with Crippen molar-refractivity contribution in [2.75, 3.05) is 0 Å². The number of imidazole rings is 1. The lowest BCUT2D eigenvalue weighted by molar-refractivity contribution is 0.443. The molecule has 1 aliphatic rings. The second-order valence-corrected chi connectivity index (χ2v) is 3.81. The average Bonchev–Trinajstić information content (AvgIpc) is 2.65. The van der Waals surface area contributed by atoms with Gasteiger partial charge in [0.2, 0.25) is 0 Å². The zero-order valence-electron chi connectivity index (χ0n) is 9.26. The van der Waals surface area contributed by atoms with Crippen molar-refractivity contribution in [1.82, 2.24) is 9.97 Å². The van der Waals surface area contributed by atoms with Crippen LogP contribution in [0.15, 0.2) is 60.7 Å². The monoisotopic (exact) mass is 224 g/mol. The molecule has 0 bridgehead atoms. The lowest BCUT2D eigenvalue weighted by atomic mass is 10.3. The number of hydrogen-bond acceptors (Lipinski definition) is 2. The maximum absolute atomic E-state index is 5.80. The molecular weight excluding hydrogens is 212 g/mol. The summed E-state index contributed by atoms with van der Waals surface area (Å²) in [4.78, 5) is 7.24. The minimum atomic E-state index is 0.819. The standard InChI is InChI=1S/C14H12N2O/c1-2-4-6-11(5-3-1)17-12-7-8-13-14(9-12)16-10-15-13/h1-3,5-10H,4H2,(H,15,16). The highest BCUT2D eigenvalue weighted by Crippen LogP contribution is 2.20. The van der Waals surface area contributed by atoms with E-state index >= 15 is 0 Å². The first-order valence-electron chi connectivity index (χ1n) is 5.56. The van der Waals surface area contributed by atoms with Crippen LogP contribution in [0.4, 0.5) is 0 Å². The van der Waals surface area contributed by atoms with Gasteiger partial charge in [0.25, 0.3) is 0 Å². The fraction of sp³-hybridized carbons (Fsp3) is 0.0714. The van der Waals surface area contributed by atoms with Crippen molar-refractivity contribution in [3.05, 3.63) is 60.7 Å². The average molecular weight is 224 g/mol. The molecule has 0 amide bonds. The van der Waals surface area contributed by atoms with Gasteiger partial charge >= 0.3 is 0 Å². The van der Waals surface area contributed by atoms with Crippen molar-refractivity contribution in [2.24, 2.45) is 0 Å². The van der Waals surface area contributed by atoms with Crippen LogP contribution in [0.2, 0.25) is 0 Å². The lowest BCUT2D eigenvalue weighted by Crippen LogP contribution is -1.91. The predicted octanol–water partition coefficient (Wildman–Crippen LogP) is 3.34. The summed E-state index contributed by atoms with van der Waals surface area (Å²) in [7, 11) is 0. The molecule has 17 heavy (non-hydrogen) atoms. The Labute approximate surface area is 99.1 Å². The molecule has 1 aromatic carbocycles. The Balaban J connectivity index is 1.86. The first kappa shape index (κ1) is 9.90. The highest BCUT2D eigenvalue weighted by atomic mass is 16.5. The number of fused-ring (bicyclic) bond motifs is 1. The van der Waals surface area contributed by atoms with Crippen LogP contribution in [0.5, 0.6) is 5.75 Å². The van der Waals surface area contributed by atoms with Gasteiger partial charge in [0.05, 0.1) is 17.4 Å². The van der Waals surface area contributed by atoms with Crippen LogP contribution in [0.3, 0.4) is 0 Å². The third-order valence-corrected chi connectivity index (χ3v) is 2.59. The molecule has 1 N–H and O–H groups in total. The second kappa shape index (κ2) is 4.29. The van der Waals surface area contributed by atoms with Gasteiger partial charge in [0.1, 0.15) is 11.5 Å². The molecule has 0 saturated carbocycles. The van der Waals surface area contributed by atoms with E-state index in [1.165, 1.54) is 0 Å². The van der Waals surface area contributed by atoms with Gasteiger partial charge in [0.15, 0.2) is 0 Å². The topological polar surface area (TPSA) is 37.9 Å². The van der Waals surface area contributed by atoms with Crippen LogP contribution < -0.4 is 4.74 Å². The lowest BCUT2D eigenvalue weighted by Gasteiger charge is -2.05. The number of nitrogens with one attached hydrogen (secondary N) is 1. The SMILES string of the molecule is C1=CCC=C(Oc2ccc3nc[nH]c3c2)C=C1. The zero-order valence-corrected chi connectivity index (χ0v) is 9.26. The number of rotatable bonds is 2. The van der Waals surface area contributed by atoms with E-state index in [1.807, 2.05) is 36.4 Å². The van der Waals surface area contributed by atoms with Crippen LogP contribution >= 0.6 is 0 Å². The Kier molecular flexibility index (Phi) is 2.50. The van der Waals surface area contributed by atoms with Gasteiger partial charge in [0, 0.05) is 6.07 Å². The Bertz CT molecular complexity index is 620. The van der Waals surface area contributed by atoms with Gasteiger partial charge in [-0.05, 0) is 30.7 Å². The molecule has 0 radical (unpaired) electrons. The molecule has 0 unspecified atom stereocenters. The number of ether oxygens (including phenoxy) is 1. The second-order valence-electron chi connectivity index (χ2n) is 3.81. The number of allylic oxidation sites excluding steroid dienone is 5. The van der Waals surface area contributed by atoms with Gasteiger partial charge in [-0.3, -0.25) is 0 Å². The highest BCUT2D eigenvalue weighted by Gasteiger charge is 2.01. The summed E-state index contributed by atoms with van der Waals surface area (Å²) in [6.45, 7) is 0. The molecular formula is C14H12N2O. The molecule has 0 saturated heterocycles. The number of benzene rings is 1. The van der Waals surface area contributed by atoms with Crippen LogP contribution in [-0.2, 0) is 0 Å². The van der Waals surface area contributed by atoms with Crippen LogP contribution in [-0.4, -0.2) is 9.97 Å². The van der Waals surface area contributed by atoms with Crippen molar-refractivity contribution >= 4 is 11.0 Å². The normalized spacial score (nSPS) is 14.7. The van der Waals surface area contributed by atoms with Crippen molar-refractivity contribution in [2.45, 2.75) is 6.42 Å². The molecule has 2 aromatic rings. The molecule has 3 nitrogen and oxygen atoms in total. The summed E-state index contributed by atoms with van der Waals surface area (Å²) >= 11 is 0. The van der Waals surface area contributed by atoms with Crippen molar-refractivity contribution < 1.29 is 4.74 Å². The number of aromatic nitrogens is 2. The van der Waals surface area contributed by atoms with E-state index in [9.17, 15) is 0 Å². The molecule has 0 atom stereocenters. The van der Waals surface area contributed by atoms with E-state index in [1.54, 1.807) is 6.33 Å². The number of hydrogen-bond donors (Lipinski definition) is 1. The van der Waals surface area contributed by atoms with Gasteiger partial charge in [-0.2, -0.15) is 0 Å². The molecule has 1 aromatic heterocycles. The van der Waals surface area contributed by atoms with Gasteiger partial charge in [-0.1, -0.05) is 18.2 Å². The first-order valence-corrected chi connectivity index (χ1v) is 5.56. The first-order chi connectivity index (χ1) is 8.42. The Morgan fingerprint density at radius 2 is 2.24 bits per heavy atom. The molecule has 1 aliphatic carbocycles. The minimum Gasteiger partial charge on any atom is -0.458 e. The summed E-state index contributed by atoms with van der Waals surface area (Å²) in [5.74, 6) is 1.69. The maximum atomic E-state index is 5.80. The number of aromatic amines is 1. The fourth-order valence-corrected chi connectivity index (χ4v) is 1.75. The predicted molar refractivity (Wildman–Crippen MR) is 67.7 cm³/mol. The van der Waals surface area contributed by atoms with E-state index in [0.717, 1.165) is 29.0 Å². The van der Waals surface area contributed by atoms with Gasteiger partial charge < -0.3 is 9.72 Å². The third kappa shape index (κ3) is 2.13. The quantitative estimate of drug-likeness (QED) is 0.849. The van der Waals surface area contributed by atoms with E-state index in [-0.39, 0.29) is 0 Å². The minimum absolute atomic E-state index is 0.819. The Morgan fingerprint density at radius 1 is 1.24 bits per heavy atom.